The molecule has 2 amide bonds. The van der Waals surface area contributed by atoms with Gasteiger partial charge in [0.05, 0.1) is 40.6 Å². The van der Waals surface area contributed by atoms with Crippen molar-refractivity contribution >= 4 is 30.3 Å². The third-order valence-electron chi connectivity index (χ3n) is 5.47. The molecule has 1 atom stereocenters. The predicted molar refractivity (Wildman–Crippen MR) is 131 cm³/mol. The van der Waals surface area contributed by atoms with Gasteiger partial charge in [-0.1, -0.05) is 12.1 Å². The first kappa shape index (κ1) is 27.6. The second kappa shape index (κ2) is 10.2. The summed E-state index contributed by atoms with van der Waals surface area (Å²) in [6.45, 7) is 5.78. The molecule has 11 heteroatoms. The molecular weight excluding hydrogens is 505 g/mol. The van der Waals surface area contributed by atoms with E-state index in [1.165, 1.54) is 31.2 Å². The van der Waals surface area contributed by atoms with Crippen LogP contribution in [0.4, 0.5) is 23.7 Å². The van der Waals surface area contributed by atoms with Crippen LogP contribution in [0.15, 0.2) is 58.6 Å². The summed E-state index contributed by atoms with van der Waals surface area (Å²) in [5.41, 5.74) is -1.22. The number of ether oxygens (including phenoxy) is 1. The van der Waals surface area contributed by atoms with E-state index >= 15 is 0 Å². The Balaban J connectivity index is 2.23. The number of carbonyl (C=O) groups excluding carboxylic acids is 2. The molecule has 0 aliphatic carbocycles. The lowest BCUT2D eigenvalue weighted by molar-refractivity contribution is -0.155. The van der Waals surface area contributed by atoms with Crippen LogP contribution < -0.4 is 4.90 Å². The third kappa shape index (κ3) is 5.89. The van der Waals surface area contributed by atoms with Crippen LogP contribution in [0.5, 0.6) is 0 Å². The molecule has 0 fully saturated rings. The normalized spacial score (nSPS) is 16.4. The molecule has 192 valence electrons. The molecule has 2 aromatic rings. The predicted octanol–water partition coefficient (Wildman–Crippen LogP) is 5.99. The topological polar surface area (TPSA) is 97.4 Å². The molecule has 0 saturated carbocycles. The van der Waals surface area contributed by atoms with Crippen molar-refractivity contribution in [2.24, 2.45) is 0 Å². The maximum atomic E-state index is 13.8. The van der Waals surface area contributed by atoms with Gasteiger partial charge in [-0.25, -0.2) is 4.79 Å². The number of rotatable bonds is 4. The molecule has 0 aromatic heterocycles. The van der Waals surface area contributed by atoms with Crippen molar-refractivity contribution in [3.8, 4) is 12.1 Å². The van der Waals surface area contributed by atoms with Gasteiger partial charge in [0.25, 0.3) is 0 Å². The van der Waals surface area contributed by atoms with Crippen LogP contribution in [0.2, 0.25) is 0 Å². The van der Waals surface area contributed by atoms with E-state index in [2.05, 4.69) is 12.6 Å². The highest BCUT2D eigenvalue weighted by atomic mass is 32.1. The van der Waals surface area contributed by atoms with Gasteiger partial charge in [-0.05, 0) is 63.6 Å². The van der Waals surface area contributed by atoms with Crippen LogP contribution in [-0.4, -0.2) is 29.0 Å². The summed E-state index contributed by atoms with van der Waals surface area (Å²) in [5.74, 6) is -0.777. The lowest BCUT2D eigenvalue weighted by atomic mass is 9.93. The van der Waals surface area contributed by atoms with Gasteiger partial charge in [0.15, 0.2) is 0 Å². The van der Waals surface area contributed by atoms with Crippen molar-refractivity contribution in [3.63, 3.8) is 0 Å². The molecule has 2 aromatic carbocycles. The highest BCUT2D eigenvalue weighted by Gasteiger charge is 2.42. The second-order valence-corrected chi connectivity index (χ2v) is 9.76. The molecule has 0 N–H and O–H groups in total. The van der Waals surface area contributed by atoms with Crippen LogP contribution in [0, 0.1) is 22.7 Å². The Hall–Kier alpha value is -3.96. The number of nitriles is 2. The monoisotopic (exact) mass is 528 g/mol. The summed E-state index contributed by atoms with van der Waals surface area (Å²) >= 11 is 4.43. The number of anilines is 1. The SMILES string of the molecule is CC1=C(C#N)[C@@H](c2ccc(C#N)cc2S)N(CC(=O)OC(C)(C)C)C(=O)N1c1cccc(C(F)(F)F)c1. The molecule has 0 saturated heterocycles. The van der Waals surface area contributed by atoms with Crippen LogP contribution in [0.25, 0.3) is 0 Å². The van der Waals surface area contributed by atoms with E-state index in [-0.39, 0.29) is 17.0 Å². The highest BCUT2D eigenvalue weighted by Crippen LogP contribution is 2.42. The lowest BCUT2D eigenvalue weighted by Gasteiger charge is -2.42. The zero-order valence-corrected chi connectivity index (χ0v) is 21.3. The summed E-state index contributed by atoms with van der Waals surface area (Å²) in [6, 6.07) is 10.7. The minimum absolute atomic E-state index is 0.0144. The maximum absolute atomic E-state index is 13.8. The second-order valence-electron chi connectivity index (χ2n) is 9.28. The summed E-state index contributed by atoms with van der Waals surface area (Å²) in [4.78, 5) is 28.9. The molecule has 7 nitrogen and oxygen atoms in total. The number of nitrogens with zero attached hydrogens (tertiary/aromatic N) is 4. The van der Waals surface area contributed by atoms with Crippen molar-refractivity contribution in [2.75, 3.05) is 11.4 Å². The fourth-order valence-electron chi connectivity index (χ4n) is 3.96. The fourth-order valence-corrected chi connectivity index (χ4v) is 4.30. The average Bonchev–Trinajstić information content (AvgIpc) is 2.79. The van der Waals surface area contributed by atoms with Gasteiger partial charge in [0, 0.05) is 10.6 Å². The number of hydrogen-bond donors (Lipinski definition) is 1. The molecule has 0 spiro atoms. The molecule has 0 radical (unpaired) electrons. The first-order chi connectivity index (χ1) is 17.2. The molecule has 1 heterocycles. The Morgan fingerprint density at radius 1 is 1.11 bits per heavy atom. The average molecular weight is 529 g/mol. The molecule has 3 rings (SSSR count). The van der Waals surface area contributed by atoms with E-state index < -0.39 is 41.9 Å². The number of urea groups is 1. The Morgan fingerprint density at radius 2 is 1.78 bits per heavy atom. The van der Waals surface area contributed by atoms with Crippen molar-refractivity contribution in [1.82, 2.24) is 4.90 Å². The van der Waals surface area contributed by atoms with E-state index in [1.54, 1.807) is 20.8 Å². The van der Waals surface area contributed by atoms with Crippen LogP contribution in [0.3, 0.4) is 0 Å². The highest BCUT2D eigenvalue weighted by molar-refractivity contribution is 7.80. The number of alkyl halides is 3. The quantitative estimate of drug-likeness (QED) is 0.389. The third-order valence-corrected chi connectivity index (χ3v) is 5.86. The van der Waals surface area contributed by atoms with E-state index in [0.717, 1.165) is 28.0 Å². The van der Waals surface area contributed by atoms with Crippen molar-refractivity contribution in [3.05, 3.63) is 70.4 Å². The Kier molecular flexibility index (Phi) is 7.61. The molecule has 37 heavy (non-hydrogen) atoms. The number of benzene rings is 2. The molecule has 0 bridgehead atoms. The summed E-state index contributed by atoms with van der Waals surface area (Å²) in [5, 5.41) is 19.3. The van der Waals surface area contributed by atoms with E-state index in [1.807, 2.05) is 12.1 Å². The Labute approximate surface area is 217 Å². The number of halogens is 3. The number of allylic oxidation sites excluding steroid dienone is 1. The Bertz CT molecular complexity index is 1370. The summed E-state index contributed by atoms with van der Waals surface area (Å²) < 4.78 is 45.6. The zero-order chi connectivity index (χ0) is 27.7. The van der Waals surface area contributed by atoms with Gasteiger partial charge in [-0.2, -0.15) is 23.7 Å². The minimum Gasteiger partial charge on any atom is -0.459 e. The Morgan fingerprint density at radius 3 is 2.32 bits per heavy atom. The van der Waals surface area contributed by atoms with Crippen LogP contribution in [-0.2, 0) is 15.7 Å². The number of esters is 1. The standard InChI is InChI=1S/C26H23F3N4O3S/c1-15-20(13-31)23(19-9-8-16(12-30)10-21(19)37)32(14-22(34)36-25(2,3)4)24(35)33(15)18-7-5-6-17(11-18)26(27,28)29/h5-11,23,37H,14H2,1-4H3/t23-/m1/s1. The van der Waals surface area contributed by atoms with Gasteiger partial charge in [0.1, 0.15) is 12.1 Å². The lowest BCUT2D eigenvalue weighted by Crippen LogP contribution is -2.52. The van der Waals surface area contributed by atoms with Crippen molar-refractivity contribution < 1.29 is 27.5 Å². The van der Waals surface area contributed by atoms with Crippen LogP contribution >= 0.6 is 12.6 Å². The van der Waals surface area contributed by atoms with Crippen molar-refractivity contribution in [2.45, 2.75) is 50.4 Å². The molecular formula is C26H23F3N4O3S. The molecule has 0 unspecified atom stereocenters. The zero-order valence-electron chi connectivity index (χ0n) is 20.4. The van der Waals surface area contributed by atoms with Gasteiger partial charge in [0.2, 0.25) is 0 Å². The van der Waals surface area contributed by atoms with Crippen LogP contribution in [0.1, 0.15) is 50.4 Å². The number of amides is 2. The van der Waals surface area contributed by atoms with E-state index in [4.69, 9.17) is 4.74 Å². The van der Waals surface area contributed by atoms with Gasteiger partial charge in [-0.3, -0.25) is 9.69 Å². The van der Waals surface area contributed by atoms with E-state index in [9.17, 15) is 33.3 Å². The smallest absolute Gasteiger partial charge is 0.416 e. The number of thiol groups is 1. The van der Waals surface area contributed by atoms with Crippen molar-refractivity contribution in [1.29, 1.82) is 10.5 Å². The van der Waals surface area contributed by atoms with E-state index in [0.29, 0.717) is 16.0 Å². The number of carbonyl (C=O) groups is 2. The largest absolute Gasteiger partial charge is 0.459 e. The fraction of sp³-hybridized carbons (Fsp3) is 0.308. The van der Waals surface area contributed by atoms with Gasteiger partial charge in [-0.15, -0.1) is 12.6 Å². The summed E-state index contributed by atoms with van der Waals surface area (Å²) in [7, 11) is 0. The first-order valence-corrected chi connectivity index (χ1v) is 11.5. The first-order valence-electron chi connectivity index (χ1n) is 11.0. The number of hydrogen-bond acceptors (Lipinski definition) is 6. The minimum atomic E-state index is -4.66. The van der Waals surface area contributed by atoms with Gasteiger partial charge >= 0.3 is 18.2 Å². The maximum Gasteiger partial charge on any atom is 0.416 e. The molecule has 1 aliphatic rings. The summed E-state index contributed by atoms with van der Waals surface area (Å²) in [6.07, 6.45) is -4.66. The molecule has 1 aliphatic heterocycles. The van der Waals surface area contributed by atoms with Gasteiger partial charge < -0.3 is 9.64 Å².